The third-order valence-corrected chi connectivity index (χ3v) is 5.70. The lowest BCUT2D eigenvalue weighted by atomic mass is 9.85. The second-order valence-corrected chi connectivity index (χ2v) is 7.21. The molecular weight excluding hydrogens is 252 g/mol. The third-order valence-electron chi connectivity index (χ3n) is 4.47. The van der Waals surface area contributed by atoms with Gasteiger partial charge >= 0.3 is 0 Å². The van der Waals surface area contributed by atoms with Gasteiger partial charge in [-0.25, -0.2) is 0 Å². The number of fused-ring (bicyclic) bond motifs is 2. The van der Waals surface area contributed by atoms with E-state index in [9.17, 15) is 0 Å². The maximum atomic E-state index is 6.29. The summed E-state index contributed by atoms with van der Waals surface area (Å²) >= 11 is 7.57. The quantitative estimate of drug-likeness (QED) is 0.883. The molecular formula is C13H19ClN2S. The number of rotatable bonds is 4. The molecule has 4 heteroatoms. The molecule has 0 spiro atoms. The van der Waals surface area contributed by atoms with Crippen LogP contribution in [0.3, 0.4) is 0 Å². The summed E-state index contributed by atoms with van der Waals surface area (Å²) in [6.07, 6.45) is 4.14. The molecule has 4 unspecified atom stereocenters. The molecule has 4 atom stereocenters. The SMILES string of the molecule is NC1C2CCC(C2)C1CNCc1ccc(Cl)s1. The minimum atomic E-state index is 0.438. The molecule has 0 aliphatic heterocycles. The van der Waals surface area contributed by atoms with Crippen LogP contribution in [0.25, 0.3) is 0 Å². The second-order valence-electron chi connectivity index (χ2n) is 5.41. The first-order chi connectivity index (χ1) is 8.24. The minimum Gasteiger partial charge on any atom is -0.327 e. The molecule has 2 aliphatic carbocycles. The summed E-state index contributed by atoms with van der Waals surface area (Å²) in [6, 6.07) is 4.50. The number of halogens is 1. The van der Waals surface area contributed by atoms with Crippen molar-refractivity contribution in [3.8, 4) is 0 Å². The zero-order valence-corrected chi connectivity index (χ0v) is 11.4. The van der Waals surface area contributed by atoms with Crippen LogP contribution in [0.15, 0.2) is 12.1 Å². The van der Waals surface area contributed by atoms with Crippen molar-refractivity contribution in [2.24, 2.45) is 23.5 Å². The molecule has 1 heterocycles. The highest BCUT2D eigenvalue weighted by atomic mass is 35.5. The fraction of sp³-hybridized carbons (Fsp3) is 0.692. The zero-order valence-electron chi connectivity index (χ0n) is 9.86. The van der Waals surface area contributed by atoms with Crippen LogP contribution in [0.4, 0.5) is 0 Å². The molecule has 1 aromatic rings. The maximum absolute atomic E-state index is 6.29. The van der Waals surface area contributed by atoms with Gasteiger partial charge in [0.2, 0.25) is 0 Å². The predicted octanol–water partition coefficient (Wildman–Crippen LogP) is 2.86. The lowest BCUT2D eigenvalue weighted by molar-refractivity contribution is 0.278. The molecule has 0 radical (unpaired) electrons. The number of hydrogen-bond acceptors (Lipinski definition) is 3. The summed E-state index contributed by atoms with van der Waals surface area (Å²) in [5, 5.41) is 3.54. The first-order valence-electron chi connectivity index (χ1n) is 6.44. The van der Waals surface area contributed by atoms with Crippen molar-refractivity contribution in [1.82, 2.24) is 5.32 Å². The van der Waals surface area contributed by atoms with Crippen LogP contribution < -0.4 is 11.1 Å². The Morgan fingerprint density at radius 1 is 1.35 bits per heavy atom. The van der Waals surface area contributed by atoms with Crippen LogP contribution in [0.1, 0.15) is 24.1 Å². The van der Waals surface area contributed by atoms with E-state index in [1.807, 2.05) is 6.07 Å². The highest BCUT2D eigenvalue weighted by Gasteiger charge is 2.45. The van der Waals surface area contributed by atoms with Crippen molar-refractivity contribution in [2.75, 3.05) is 6.54 Å². The van der Waals surface area contributed by atoms with Crippen LogP contribution in [-0.4, -0.2) is 12.6 Å². The predicted molar refractivity (Wildman–Crippen MR) is 73.3 cm³/mol. The molecule has 0 aromatic carbocycles. The van der Waals surface area contributed by atoms with Gasteiger partial charge in [0.1, 0.15) is 0 Å². The molecule has 0 saturated heterocycles. The number of hydrogen-bond donors (Lipinski definition) is 2. The van der Waals surface area contributed by atoms with Crippen LogP contribution in [0.5, 0.6) is 0 Å². The fourth-order valence-electron chi connectivity index (χ4n) is 3.57. The monoisotopic (exact) mass is 270 g/mol. The average Bonchev–Trinajstić information content (AvgIpc) is 2.97. The number of thiophene rings is 1. The fourth-order valence-corrected chi connectivity index (χ4v) is 4.62. The van der Waals surface area contributed by atoms with Gasteiger partial charge in [0.05, 0.1) is 4.34 Å². The molecule has 2 aliphatic rings. The molecule has 3 rings (SSSR count). The minimum absolute atomic E-state index is 0.438. The highest BCUT2D eigenvalue weighted by Crippen LogP contribution is 2.47. The van der Waals surface area contributed by atoms with Gasteiger partial charge in [-0.2, -0.15) is 0 Å². The Balaban J connectivity index is 1.48. The standard InChI is InChI=1S/C13H19ClN2S/c14-12-4-3-10(17-12)6-16-7-11-8-1-2-9(5-8)13(11)15/h3-4,8-9,11,13,16H,1-2,5-7,15H2. The van der Waals surface area contributed by atoms with Crippen molar-refractivity contribution in [3.05, 3.63) is 21.3 Å². The van der Waals surface area contributed by atoms with E-state index in [0.29, 0.717) is 12.0 Å². The molecule has 3 N–H and O–H groups in total. The Hall–Kier alpha value is -0.0900. The van der Waals surface area contributed by atoms with E-state index in [0.717, 1.165) is 29.3 Å². The van der Waals surface area contributed by atoms with E-state index in [4.69, 9.17) is 17.3 Å². The molecule has 94 valence electrons. The molecule has 1 aromatic heterocycles. The first kappa shape index (κ1) is 12.0. The zero-order chi connectivity index (χ0) is 11.8. The van der Waals surface area contributed by atoms with E-state index in [2.05, 4.69) is 11.4 Å². The van der Waals surface area contributed by atoms with E-state index >= 15 is 0 Å². The van der Waals surface area contributed by atoms with Crippen molar-refractivity contribution in [2.45, 2.75) is 31.8 Å². The van der Waals surface area contributed by atoms with E-state index in [1.54, 1.807) is 11.3 Å². The van der Waals surface area contributed by atoms with Gasteiger partial charge in [-0.3, -0.25) is 0 Å². The smallest absolute Gasteiger partial charge is 0.0931 e. The molecule has 2 saturated carbocycles. The molecule has 2 nitrogen and oxygen atoms in total. The average molecular weight is 271 g/mol. The van der Waals surface area contributed by atoms with Crippen LogP contribution in [0, 0.1) is 17.8 Å². The maximum Gasteiger partial charge on any atom is 0.0931 e. The summed E-state index contributed by atoms with van der Waals surface area (Å²) in [6.45, 7) is 2.00. The Labute approximate surface area is 112 Å². The van der Waals surface area contributed by atoms with Crippen molar-refractivity contribution >= 4 is 22.9 Å². The first-order valence-corrected chi connectivity index (χ1v) is 7.64. The highest BCUT2D eigenvalue weighted by molar-refractivity contribution is 7.16. The van der Waals surface area contributed by atoms with Crippen molar-refractivity contribution in [1.29, 1.82) is 0 Å². The third kappa shape index (κ3) is 2.39. The van der Waals surface area contributed by atoms with Gasteiger partial charge in [0, 0.05) is 24.0 Å². The normalized spacial score (nSPS) is 35.6. The lowest BCUT2D eigenvalue weighted by Crippen LogP contribution is -2.41. The van der Waals surface area contributed by atoms with Crippen LogP contribution in [-0.2, 0) is 6.54 Å². The Morgan fingerprint density at radius 2 is 2.18 bits per heavy atom. The van der Waals surface area contributed by atoms with Crippen LogP contribution >= 0.6 is 22.9 Å². The van der Waals surface area contributed by atoms with Gasteiger partial charge in [-0.1, -0.05) is 11.6 Å². The molecule has 0 amide bonds. The Bertz CT molecular complexity index is 391. The molecule has 17 heavy (non-hydrogen) atoms. The van der Waals surface area contributed by atoms with Gasteiger partial charge in [0.25, 0.3) is 0 Å². The number of nitrogens with one attached hydrogen (secondary N) is 1. The van der Waals surface area contributed by atoms with Gasteiger partial charge < -0.3 is 11.1 Å². The summed E-state index contributed by atoms with van der Waals surface area (Å²) in [4.78, 5) is 1.31. The Kier molecular flexibility index (Phi) is 3.44. The lowest BCUT2D eigenvalue weighted by Gasteiger charge is -2.28. The molecule has 2 fully saturated rings. The van der Waals surface area contributed by atoms with Crippen molar-refractivity contribution in [3.63, 3.8) is 0 Å². The van der Waals surface area contributed by atoms with Gasteiger partial charge in [0.15, 0.2) is 0 Å². The Morgan fingerprint density at radius 3 is 2.82 bits per heavy atom. The molecule has 2 bridgehead atoms. The van der Waals surface area contributed by atoms with Gasteiger partial charge in [-0.15, -0.1) is 11.3 Å². The second kappa shape index (κ2) is 4.88. The van der Waals surface area contributed by atoms with Gasteiger partial charge in [-0.05, 0) is 49.1 Å². The van der Waals surface area contributed by atoms with E-state index in [1.165, 1.54) is 24.1 Å². The summed E-state index contributed by atoms with van der Waals surface area (Å²) in [5.74, 6) is 2.39. The van der Waals surface area contributed by atoms with Crippen molar-refractivity contribution < 1.29 is 0 Å². The topological polar surface area (TPSA) is 38.0 Å². The largest absolute Gasteiger partial charge is 0.327 e. The van der Waals surface area contributed by atoms with E-state index in [-0.39, 0.29) is 0 Å². The number of nitrogens with two attached hydrogens (primary N) is 1. The summed E-state index contributed by atoms with van der Waals surface area (Å²) in [7, 11) is 0. The summed E-state index contributed by atoms with van der Waals surface area (Å²) in [5.41, 5.74) is 6.29. The summed E-state index contributed by atoms with van der Waals surface area (Å²) < 4.78 is 0.874. The van der Waals surface area contributed by atoms with Crippen LogP contribution in [0.2, 0.25) is 4.34 Å². The van der Waals surface area contributed by atoms with E-state index < -0.39 is 0 Å².